The van der Waals surface area contributed by atoms with Crippen LogP contribution in [0.5, 0.6) is 5.88 Å². The smallest absolute Gasteiger partial charge is 0.328 e. The van der Waals surface area contributed by atoms with Crippen LogP contribution in [0.15, 0.2) is 10.6 Å². The first kappa shape index (κ1) is 16.0. The minimum Gasteiger partial charge on any atom is -0.465 e. The summed E-state index contributed by atoms with van der Waals surface area (Å²) in [5, 5.41) is 6.06. The lowest BCUT2D eigenvalue weighted by Crippen LogP contribution is -2.43. The van der Waals surface area contributed by atoms with E-state index in [4.69, 9.17) is 14.0 Å². The summed E-state index contributed by atoms with van der Waals surface area (Å²) in [4.78, 5) is 23.3. The Labute approximate surface area is 117 Å². The first-order valence-corrected chi connectivity index (χ1v) is 6.26. The van der Waals surface area contributed by atoms with E-state index in [1.807, 2.05) is 0 Å². The Morgan fingerprint density at radius 1 is 1.45 bits per heavy atom. The predicted molar refractivity (Wildman–Crippen MR) is 70.2 cm³/mol. The van der Waals surface area contributed by atoms with Gasteiger partial charge in [0.2, 0.25) is 0 Å². The van der Waals surface area contributed by atoms with E-state index in [9.17, 15) is 9.59 Å². The second-order valence-electron chi connectivity index (χ2n) is 5.39. The highest BCUT2D eigenvalue weighted by Gasteiger charge is 2.23. The molecular formula is C13H20N2O5. The summed E-state index contributed by atoms with van der Waals surface area (Å²) >= 11 is 0. The summed E-state index contributed by atoms with van der Waals surface area (Å²) in [5.74, 6) is -0.128. The second kappa shape index (κ2) is 6.40. The van der Waals surface area contributed by atoms with E-state index in [-0.39, 0.29) is 12.5 Å². The molecular weight excluding hydrogens is 264 g/mol. The first-order chi connectivity index (χ1) is 9.17. The Morgan fingerprint density at radius 3 is 2.60 bits per heavy atom. The molecule has 1 N–H and O–H groups in total. The number of nitrogens with zero attached hydrogens (tertiary/aromatic N) is 1. The van der Waals surface area contributed by atoms with Gasteiger partial charge in [0.25, 0.3) is 11.8 Å². The van der Waals surface area contributed by atoms with Crippen molar-refractivity contribution in [2.24, 2.45) is 0 Å². The van der Waals surface area contributed by atoms with Gasteiger partial charge in [-0.25, -0.2) is 4.79 Å². The lowest BCUT2D eigenvalue weighted by molar-refractivity contribution is -0.158. The van der Waals surface area contributed by atoms with E-state index in [0.717, 1.165) is 0 Å². The number of aromatic nitrogens is 1. The minimum atomic E-state index is -0.746. The molecule has 0 bridgehead atoms. The topological polar surface area (TPSA) is 90.7 Å². The number of esters is 1. The molecule has 0 aliphatic carbocycles. The number of ether oxygens (including phenoxy) is 2. The van der Waals surface area contributed by atoms with Gasteiger partial charge in [-0.05, 0) is 39.8 Å². The monoisotopic (exact) mass is 284 g/mol. The lowest BCUT2D eigenvalue weighted by Gasteiger charge is -2.22. The third kappa shape index (κ3) is 5.73. The van der Waals surface area contributed by atoms with Crippen molar-refractivity contribution in [1.82, 2.24) is 10.5 Å². The maximum atomic E-state index is 11.7. The van der Waals surface area contributed by atoms with E-state index in [0.29, 0.717) is 5.76 Å². The Morgan fingerprint density at radius 2 is 2.10 bits per heavy atom. The predicted octanol–water partition coefficient (Wildman–Crippen LogP) is 1.21. The van der Waals surface area contributed by atoms with Gasteiger partial charge >= 0.3 is 5.97 Å². The first-order valence-electron chi connectivity index (χ1n) is 6.26. The lowest BCUT2D eigenvalue weighted by atomic mass is 10.2. The van der Waals surface area contributed by atoms with E-state index < -0.39 is 23.5 Å². The molecule has 1 atom stereocenters. The molecule has 0 aliphatic heterocycles. The summed E-state index contributed by atoms with van der Waals surface area (Å²) in [5.41, 5.74) is -0.592. The Hall–Kier alpha value is -2.05. The molecule has 1 aromatic rings. The molecule has 0 fully saturated rings. The summed E-state index contributed by atoms with van der Waals surface area (Å²) in [6.07, 6.45) is 0. The molecule has 0 spiro atoms. The number of carbonyl (C=O) groups excluding carboxylic acids is 2. The highest BCUT2D eigenvalue weighted by molar-refractivity contribution is 5.85. The van der Waals surface area contributed by atoms with Crippen LogP contribution >= 0.6 is 0 Å². The standard InChI is InChI=1S/C13H20N2O5/c1-8-6-11(15-20-8)18-7-10(16)14-9(2)12(17)19-13(3,4)5/h6,9H,7H2,1-5H3,(H,14,16)/t9-/m1/s1. The Kier molecular flexibility index (Phi) is 5.12. The maximum absolute atomic E-state index is 11.7. The fourth-order valence-corrected chi connectivity index (χ4v) is 1.28. The van der Waals surface area contributed by atoms with Crippen LogP contribution in [0.3, 0.4) is 0 Å². The van der Waals surface area contributed by atoms with Gasteiger partial charge in [0.15, 0.2) is 6.61 Å². The quantitative estimate of drug-likeness (QED) is 0.817. The highest BCUT2D eigenvalue weighted by atomic mass is 16.6. The molecule has 1 rings (SSSR count). The third-order valence-corrected chi connectivity index (χ3v) is 2.10. The van der Waals surface area contributed by atoms with Crippen LogP contribution in [0.1, 0.15) is 33.5 Å². The molecule has 0 saturated carbocycles. The van der Waals surface area contributed by atoms with Crippen molar-refractivity contribution in [1.29, 1.82) is 0 Å². The van der Waals surface area contributed by atoms with Crippen molar-refractivity contribution in [3.8, 4) is 5.88 Å². The van der Waals surface area contributed by atoms with Gasteiger partial charge in [0, 0.05) is 6.07 Å². The van der Waals surface area contributed by atoms with Gasteiger partial charge in [-0.15, -0.1) is 0 Å². The highest BCUT2D eigenvalue weighted by Crippen LogP contribution is 2.10. The van der Waals surface area contributed by atoms with E-state index in [2.05, 4.69) is 10.5 Å². The zero-order valence-electron chi connectivity index (χ0n) is 12.4. The van der Waals surface area contributed by atoms with Crippen LogP contribution < -0.4 is 10.1 Å². The van der Waals surface area contributed by atoms with E-state index >= 15 is 0 Å². The number of carbonyl (C=O) groups is 2. The van der Waals surface area contributed by atoms with Gasteiger partial charge in [-0.2, -0.15) is 0 Å². The third-order valence-electron chi connectivity index (χ3n) is 2.10. The summed E-state index contributed by atoms with van der Waals surface area (Å²) in [6, 6.07) is 0.814. The van der Waals surface area contributed by atoms with Crippen molar-refractivity contribution in [2.75, 3.05) is 6.61 Å². The number of hydrogen-bond acceptors (Lipinski definition) is 6. The molecule has 7 heteroatoms. The van der Waals surface area contributed by atoms with Crippen LogP contribution in [0.25, 0.3) is 0 Å². The molecule has 20 heavy (non-hydrogen) atoms. The van der Waals surface area contributed by atoms with Crippen molar-refractivity contribution < 1.29 is 23.6 Å². The Bertz CT molecular complexity index is 475. The van der Waals surface area contributed by atoms with Gasteiger partial charge in [-0.1, -0.05) is 0 Å². The van der Waals surface area contributed by atoms with E-state index in [1.165, 1.54) is 0 Å². The molecule has 0 saturated heterocycles. The fraction of sp³-hybridized carbons (Fsp3) is 0.615. The number of rotatable bonds is 5. The average molecular weight is 284 g/mol. The normalized spacial score (nSPS) is 12.7. The molecule has 112 valence electrons. The average Bonchev–Trinajstić information content (AvgIpc) is 2.70. The minimum absolute atomic E-state index is 0.225. The molecule has 7 nitrogen and oxygen atoms in total. The van der Waals surface area contributed by atoms with Crippen molar-refractivity contribution >= 4 is 11.9 Å². The van der Waals surface area contributed by atoms with Crippen LogP contribution in [0.2, 0.25) is 0 Å². The van der Waals surface area contributed by atoms with Gasteiger partial charge < -0.3 is 19.3 Å². The Balaban J connectivity index is 2.36. The van der Waals surface area contributed by atoms with Crippen molar-refractivity contribution in [3.63, 3.8) is 0 Å². The summed E-state index contributed by atoms with van der Waals surface area (Å²) < 4.78 is 15.0. The van der Waals surface area contributed by atoms with Crippen LogP contribution in [0, 0.1) is 6.92 Å². The molecule has 0 aliphatic rings. The SMILES string of the molecule is Cc1cc(OCC(=O)N[C@H](C)C(=O)OC(C)(C)C)no1. The van der Waals surface area contributed by atoms with E-state index in [1.54, 1.807) is 40.7 Å². The molecule has 1 amide bonds. The molecule has 1 heterocycles. The number of aryl methyl sites for hydroxylation is 1. The van der Waals surface area contributed by atoms with Crippen molar-refractivity contribution in [2.45, 2.75) is 46.3 Å². The number of nitrogens with one attached hydrogen (secondary N) is 1. The zero-order chi connectivity index (χ0) is 15.3. The van der Waals surface area contributed by atoms with Gasteiger partial charge in [-0.3, -0.25) is 4.79 Å². The maximum Gasteiger partial charge on any atom is 0.328 e. The molecule has 0 unspecified atom stereocenters. The van der Waals surface area contributed by atoms with Crippen LogP contribution in [0.4, 0.5) is 0 Å². The largest absolute Gasteiger partial charge is 0.465 e. The summed E-state index contributed by atoms with van der Waals surface area (Å²) in [6.45, 7) is 8.29. The number of amides is 1. The van der Waals surface area contributed by atoms with Crippen LogP contribution in [-0.2, 0) is 14.3 Å². The summed E-state index contributed by atoms with van der Waals surface area (Å²) in [7, 11) is 0. The second-order valence-corrected chi connectivity index (χ2v) is 5.39. The fourth-order valence-electron chi connectivity index (χ4n) is 1.28. The van der Waals surface area contributed by atoms with Crippen molar-refractivity contribution in [3.05, 3.63) is 11.8 Å². The molecule has 0 aromatic carbocycles. The zero-order valence-corrected chi connectivity index (χ0v) is 12.4. The van der Waals surface area contributed by atoms with Gasteiger partial charge in [0.05, 0.1) is 0 Å². The number of hydrogen-bond donors (Lipinski definition) is 1. The molecule has 1 aromatic heterocycles. The molecule has 0 radical (unpaired) electrons. The van der Waals surface area contributed by atoms with Crippen LogP contribution in [-0.4, -0.2) is 35.3 Å². The van der Waals surface area contributed by atoms with Gasteiger partial charge in [0.1, 0.15) is 17.4 Å².